The van der Waals surface area contributed by atoms with Gasteiger partial charge in [-0.2, -0.15) is 0 Å². The number of nitrogens with one attached hydrogen (secondary N) is 1. The van der Waals surface area contributed by atoms with Crippen LogP contribution in [0.1, 0.15) is 21.5 Å². The summed E-state index contributed by atoms with van der Waals surface area (Å²) in [6, 6.07) is 12.5. The van der Waals surface area contributed by atoms with Gasteiger partial charge in [0, 0.05) is 23.3 Å². The maximum Gasteiger partial charge on any atom is 0.254 e. The van der Waals surface area contributed by atoms with Crippen molar-refractivity contribution in [2.45, 2.75) is 13.8 Å². The average Bonchev–Trinajstić information content (AvgIpc) is 2.50. The molecule has 0 radical (unpaired) electrons. The third-order valence-electron chi connectivity index (χ3n) is 3.47. The van der Waals surface area contributed by atoms with E-state index in [1.54, 1.807) is 31.3 Å². The van der Waals surface area contributed by atoms with Gasteiger partial charge < -0.3 is 10.2 Å². The zero-order valence-electron chi connectivity index (χ0n) is 13.4. The number of aryl methyl sites for hydroxylation is 2. The van der Waals surface area contributed by atoms with Crippen molar-refractivity contribution in [2.75, 3.05) is 18.9 Å². The number of benzene rings is 2. The van der Waals surface area contributed by atoms with Crippen LogP contribution < -0.4 is 5.32 Å². The predicted molar refractivity (Wildman–Crippen MR) is 93.0 cm³/mol. The van der Waals surface area contributed by atoms with E-state index in [2.05, 4.69) is 5.32 Å². The lowest BCUT2D eigenvalue weighted by molar-refractivity contribution is -0.116. The summed E-state index contributed by atoms with van der Waals surface area (Å²) in [5, 5.41) is 3.33. The number of amides is 2. The fourth-order valence-electron chi connectivity index (χ4n) is 2.19. The summed E-state index contributed by atoms with van der Waals surface area (Å²) in [5.41, 5.74) is 3.26. The van der Waals surface area contributed by atoms with Crippen LogP contribution in [0.3, 0.4) is 0 Å². The normalized spacial score (nSPS) is 10.3. The van der Waals surface area contributed by atoms with Gasteiger partial charge in [-0.15, -0.1) is 0 Å². The minimum absolute atomic E-state index is 0.0290. The molecular formula is C18H19ClN2O2. The first-order chi connectivity index (χ1) is 10.9. The van der Waals surface area contributed by atoms with E-state index in [9.17, 15) is 9.59 Å². The van der Waals surface area contributed by atoms with Gasteiger partial charge >= 0.3 is 0 Å². The highest BCUT2D eigenvalue weighted by molar-refractivity contribution is 6.31. The molecule has 5 heteroatoms. The number of anilines is 1. The second-order valence-corrected chi connectivity index (χ2v) is 5.97. The molecule has 0 aliphatic rings. The first kappa shape index (κ1) is 17.0. The Morgan fingerprint density at radius 3 is 2.57 bits per heavy atom. The molecule has 0 bridgehead atoms. The molecule has 1 N–H and O–H groups in total. The SMILES string of the molecule is Cc1ccc(C)c(NC(=O)CN(C)C(=O)c2cccc(Cl)c2)c1. The van der Waals surface area contributed by atoms with Crippen LogP contribution >= 0.6 is 11.6 Å². The highest BCUT2D eigenvalue weighted by atomic mass is 35.5. The van der Waals surface area contributed by atoms with E-state index in [1.165, 1.54) is 4.90 Å². The van der Waals surface area contributed by atoms with Gasteiger partial charge in [-0.1, -0.05) is 29.8 Å². The monoisotopic (exact) mass is 330 g/mol. The second-order valence-electron chi connectivity index (χ2n) is 5.54. The van der Waals surface area contributed by atoms with E-state index in [0.717, 1.165) is 16.8 Å². The Hall–Kier alpha value is -2.33. The van der Waals surface area contributed by atoms with Crippen molar-refractivity contribution in [2.24, 2.45) is 0 Å². The Kier molecular flexibility index (Phi) is 5.40. The van der Waals surface area contributed by atoms with Gasteiger partial charge in [-0.05, 0) is 49.2 Å². The van der Waals surface area contributed by atoms with E-state index in [4.69, 9.17) is 11.6 Å². The molecule has 0 fully saturated rings. The van der Waals surface area contributed by atoms with Crippen LogP contribution in [-0.4, -0.2) is 30.3 Å². The maximum absolute atomic E-state index is 12.3. The predicted octanol–water partition coefficient (Wildman–Crippen LogP) is 3.67. The van der Waals surface area contributed by atoms with Crippen molar-refractivity contribution in [3.63, 3.8) is 0 Å². The van der Waals surface area contributed by atoms with Gasteiger partial charge in [-0.3, -0.25) is 9.59 Å². The highest BCUT2D eigenvalue weighted by Crippen LogP contribution is 2.16. The summed E-state index contributed by atoms with van der Waals surface area (Å²) < 4.78 is 0. The molecule has 120 valence electrons. The number of nitrogens with zero attached hydrogens (tertiary/aromatic N) is 1. The number of carbonyl (C=O) groups excluding carboxylic acids is 2. The van der Waals surface area contributed by atoms with Crippen molar-refractivity contribution < 1.29 is 9.59 Å². The summed E-state index contributed by atoms with van der Waals surface area (Å²) >= 11 is 5.89. The molecule has 0 aromatic heterocycles. The summed E-state index contributed by atoms with van der Waals surface area (Å²) in [5.74, 6) is -0.486. The molecule has 0 saturated carbocycles. The van der Waals surface area contributed by atoms with Gasteiger partial charge in [0.2, 0.25) is 5.91 Å². The smallest absolute Gasteiger partial charge is 0.254 e. The fraction of sp³-hybridized carbons (Fsp3) is 0.222. The van der Waals surface area contributed by atoms with E-state index in [-0.39, 0.29) is 18.4 Å². The Morgan fingerprint density at radius 1 is 1.13 bits per heavy atom. The van der Waals surface area contributed by atoms with Gasteiger partial charge in [-0.25, -0.2) is 0 Å². The quantitative estimate of drug-likeness (QED) is 0.930. The Morgan fingerprint density at radius 2 is 1.87 bits per heavy atom. The van der Waals surface area contributed by atoms with Crippen LogP contribution in [0.2, 0.25) is 5.02 Å². The van der Waals surface area contributed by atoms with Crippen LogP contribution in [0.25, 0.3) is 0 Å². The topological polar surface area (TPSA) is 49.4 Å². The average molecular weight is 331 g/mol. The Bertz CT molecular complexity index is 744. The van der Waals surface area contributed by atoms with Crippen LogP contribution in [0, 0.1) is 13.8 Å². The van der Waals surface area contributed by atoms with Crippen LogP contribution in [-0.2, 0) is 4.79 Å². The van der Waals surface area contributed by atoms with Crippen LogP contribution in [0.5, 0.6) is 0 Å². The first-order valence-corrected chi connectivity index (χ1v) is 7.63. The minimum atomic E-state index is -0.247. The fourth-order valence-corrected chi connectivity index (χ4v) is 2.38. The highest BCUT2D eigenvalue weighted by Gasteiger charge is 2.15. The zero-order valence-corrected chi connectivity index (χ0v) is 14.1. The lowest BCUT2D eigenvalue weighted by atomic mass is 10.1. The summed E-state index contributed by atoms with van der Waals surface area (Å²) in [6.45, 7) is 3.86. The molecule has 2 amide bonds. The van der Waals surface area contributed by atoms with Gasteiger partial charge in [0.25, 0.3) is 5.91 Å². The Balaban J connectivity index is 2.02. The third-order valence-corrected chi connectivity index (χ3v) is 3.70. The van der Waals surface area contributed by atoms with Gasteiger partial charge in [0.1, 0.15) is 0 Å². The number of likely N-dealkylation sites (N-methyl/N-ethyl adjacent to an activating group) is 1. The number of hydrogen-bond acceptors (Lipinski definition) is 2. The van der Waals surface area contributed by atoms with Crippen molar-refractivity contribution in [3.8, 4) is 0 Å². The van der Waals surface area contributed by atoms with Gasteiger partial charge in [0.05, 0.1) is 6.54 Å². The molecule has 0 saturated heterocycles. The van der Waals surface area contributed by atoms with E-state index in [0.29, 0.717) is 10.6 Å². The third kappa shape index (κ3) is 4.57. The summed E-state index contributed by atoms with van der Waals surface area (Å²) in [6.07, 6.45) is 0. The molecule has 0 aliphatic carbocycles. The largest absolute Gasteiger partial charge is 0.332 e. The minimum Gasteiger partial charge on any atom is -0.332 e. The molecule has 2 aromatic carbocycles. The molecule has 0 heterocycles. The Labute approximate surface area is 141 Å². The zero-order chi connectivity index (χ0) is 17.0. The maximum atomic E-state index is 12.3. The van der Waals surface area contributed by atoms with Crippen molar-refractivity contribution >= 4 is 29.1 Å². The van der Waals surface area contributed by atoms with E-state index < -0.39 is 0 Å². The lowest BCUT2D eigenvalue weighted by Crippen LogP contribution is -2.35. The first-order valence-electron chi connectivity index (χ1n) is 7.25. The lowest BCUT2D eigenvalue weighted by Gasteiger charge is -2.17. The number of carbonyl (C=O) groups is 2. The molecule has 2 rings (SSSR count). The van der Waals surface area contributed by atoms with Crippen molar-refractivity contribution in [1.29, 1.82) is 0 Å². The van der Waals surface area contributed by atoms with Gasteiger partial charge in [0.15, 0.2) is 0 Å². The molecule has 0 aliphatic heterocycles. The molecular weight excluding hydrogens is 312 g/mol. The van der Waals surface area contributed by atoms with E-state index in [1.807, 2.05) is 32.0 Å². The van der Waals surface area contributed by atoms with Crippen molar-refractivity contribution in [1.82, 2.24) is 4.90 Å². The molecule has 0 spiro atoms. The number of hydrogen-bond donors (Lipinski definition) is 1. The summed E-state index contributed by atoms with van der Waals surface area (Å²) in [7, 11) is 1.59. The number of halogens is 1. The standard InChI is InChI=1S/C18H19ClN2O2/c1-12-7-8-13(2)16(9-12)20-17(22)11-21(3)18(23)14-5-4-6-15(19)10-14/h4-10H,11H2,1-3H3,(H,20,22). The molecule has 0 atom stereocenters. The van der Waals surface area contributed by atoms with E-state index >= 15 is 0 Å². The van der Waals surface area contributed by atoms with Crippen LogP contribution in [0.4, 0.5) is 5.69 Å². The summed E-state index contributed by atoms with van der Waals surface area (Å²) in [4.78, 5) is 25.8. The van der Waals surface area contributed by atoms with Crippen LogP contribution in [0.15, 0.2) is 42.5 Å². The van der Waals surface area contributed by atoms with Crippen molar-refractivity contribution in [3.05, 3.63) is 64.2 Å². The second kappa shape index (κ2) is 7.29. The molecule has 4 nitrogen and oxygen atoms in total. The molecule has 0 unspecified atom stereocenters. The number of rotatable bonds is 4. The molecule has 23 heavy (non-hydrogen) atoms. The molecule has 2 aromatic rings.